The molecule has 3 saturated heterocycles. The number of amides is 4. The van der Waals surface area contributed by atoms with Gasteiger partial charge in [-0.3, -0.25) is 24.7 Å². The number of benzene rings is 3. The van der Waals surface area contributed by atoms with E-state index < -0.39 is 24.3 Å². The Hall–Kier alpha value is -6.64. The van der Waals surface area contributed by atoms with Gasteiger partial charge >= 0.3 is 12.2 Å². The van der Waals surface area contributed by atoms with Crippen molar-refractivity contribution in [2.45, 2.75) is 129 Å². The van der Waals surface area contributed by atoms with Crippen LogP contribution in [0.1, 0.15) is 139 Å². The molecule has 3 aliphatic heterocycles. The Kier molecular flexibility index (Phi) is 14.2. The van der Waals surface area contributed by atoms with Crippen molar-refractivity contribution in [3.05, 3.63) is 113 Å². The smallest absolute Gasteiger partial charge is 0.407 e. The molecule has 0 bridgehead atoms. The third kappa shape index (κ3) is 10.1. The number of rotatable bonds is 13. The fourth-order valence-corrected chi connectivity index (χ4v) is 10.8. The van der Waals surface area contributed by atoms with Gasteiger partial charge in [-0.1, -0.05) is 109 Å². The van der Waals surface area contributed by atoms with Crippen molar-refractivity contribution >= 4 is 29.7 Å². The number of carbonyl (C=O) groups excluding carboxylic acids is 3. The van der Waals surface area contributed by atoms with Gasteiger partial charge in [0.05, 0.1) is 54.1 Å². The number of likely N-dealkylation sites (N-methyl/N-ethyl adjacent to an activating group) is 1. The molecule has 5 heterocycles. The minimum absolute atomic E-state index is 0.0230. The summed E-state index contributed by atoms with van der Waals surface area (Å²) in [5.41, 5.74) is 10.2. The number of methoxy groups -OCH3 is 1. The van der Waals surface area contributed by atoms with Crippen LogP contribution < -0.4 is 10.2 Å². The van der Waals surface area contributed by atoms with Crippen molar-refractivity contribution in [3.63, 3.8) is 0 Å². The largest absolute Gasteiger partial charge is 0.465 e. The molecule has 3 aliphatic rings. The Morgan fingerprint density at radius 2 is 1.17 bits per heavy atom. The molecule has 0 radical (unpaired) electrons. The van der Waals surface area contributed by atoms with E-state index in [2.05, 4.69) is 114 Å². The SMILES string of the molecule is COC(=O)N[C@H](C(=O)N1CCC[C@H]1c1cc(-c2ccc([C@@H]3CC[C@H](c4ccc(-c5cc([C@@H]6CCCN6C(=O)[C@H](C(C)C)N(C)C(=O)O)[nH]n5)cc4)N3c3ccc(C(C)(C)C)cc3)cc2)n[nH]1)C(C)C. The van der Waals surface area contributed by atoms with E-state index >= 15 is 0 Å². The van der Waals surface area contributed by atoms with E-state index in [-0.39, 0.29) is 53.2 Å². The van der Waals surface area contributed by atoms with Crippen molar-refractivity contribution in [2.75, 3.05) is 32.1 Å². The molecule has 0 unspecified atom stereocenters. The highest BCUT2D eigenvalue weighted by Gasteiger charge is 2.41. The molecule has 4 amide bonds. The fraction of sp³-hybridized carbons (Fsp3) is 0.481. The topological polar surface area (TPSA) is 180 Å². The number of hydrogen-bond donors (Lipinski definition) is 4. The molecule has 0 aliphatic carbocycles. The lowest BCUT2D eigenvalue weighted by Crippen LogP contribution is -2.51. The number of anilines is 1. The Bertz CT molecular complexity index is 2600. The maximum atomic E-state index is 13.8. The van der Waals surface area contributed by atoms with Gasteiger partial charge in [0.25, 0.3) is 0 Å². The summed E-state index contributed by atoms with van der Waals surface area (Å²) in [6.45, 7) is 15.5. The van der Waals surface area contributed by atoms with Crippen LogP contribution in [-0.4, -0.2) is 104 Å². The van der Waals surface area contributed by atoms with E-state index in [0.717, 1.165) is 77.3 Å². The zero-order valence-corrected chi connectivity index (χ0v) is 41.5. The van der Waals surface area contributed by atoms with Crippen LogP contribution in [0.3, 0.4) is 0 Å². The molecule has 3 aromatic carbocycles. The summed E-state index contributed by atoms with van der Waals surface area (Å²) in [7, 11) is 2.77. The van der Waals surface area contributed by atoms with E-state index in [1.54, 1.807) is 0 Å². The van der Waals surface area contributed by atoms with Crippen molar-refractivity contribution < 1.29 is 29.0 Å². The molecule has 15 nitrogen and oxygen atoms in total. The Balaban J connectivity index is 1.01. The van der Waals surface area contributed by atoms with Gasteiger partial charge in [0.1, 0.15) is 12.1 Å². The fourth-order valence-electron chi connectivity index (χ4n) is 10.8. The lowest BCUT2D eigenvalue weighted by atomic mass is 9.87. The zero-order valence-electron chi connectivity index (χ0n) is 41.5. The second kappa shape index (κ2) is 20.1. The average Bonchev–Trinajstić information content (AvgIpc) is 4.20. The standard InChI is InChI=1S/C54H69N9O6/c1-32(2)48(55-52(66)69-9)50(64)61-28-10-12-46(61)42-30-40(56-58-42)34-14-18-36(19-15-34)44-26-27-45(63(44)39-24-22-38(23-25-39)54(5,6)7)37-20-16-35(17-21-37)41-31-43(59-57-41)47-13-11-29-62(47)51(65)49(33(3)4)60(8)53(67)68/h14-25,30-33,44-49H,10-13,26-29H2,1-9H3,(H,55,66)(H,56,58)(H,57,59)(H,67,68)/t44-,45+,46-,47-,48-,49-/m0/s1. The number of carboxylic acid groups (broad SMARTS) is 1. The summed E-state index contributed by atoms with van der Waals surface area (Å²) in [6.07, 6.45) is 3.46. The Morgan fingerprint density at radius 3 is 1.59 bits per heavy atom. The minimum Gasteiger partial charge on any atom is -0.465 e. The lowest BCUT2D eigenvalue weighted by molar-refractivity contribution is -0.138. The van der Waals surface area contributed by atoms with Gasteiger partial charge in [0.2, 0.25) is 11.8 Å². The van der Waals surface area contributed by atoms with Crippen LogP contribution in [0.2, 0.25) is 0 Å². The molecule has 8 rings (SSSR count). The summed E-state index contributed by atoms with van der Waals surface area (Å²) >= 11 is 0. The third-order valence-corrected chi connectivity index (χ3v) is 14.6. The van der Waals surface area contributed by atoms with E-state index in [1.807, 2.05) is 49.6 Å². The van der Waals surface area contributed by atoms with Crippen molar-refractivity contribution in [1.29, 1.82) is 0 Å². The number of carbonyl (C=O) groups is 4. The highest BCUT2D eigenvalue weighted by Crippen LogP contribution is 2.48. The first-order valence-electron chi connectivity index (χ1n) is 24.6. The van der Waals surface area contributed by atoms with Crippen molar-refractivity contribution in [2.24, 2.45) is 11.8 Å². The first kappa shape index (κ1) is 48.8. The first-order chi connectivity index (χ1) is 32.9. The molecule has 6 atom stereocenters. The van der Waals surface area contributed by atoms with Gasteiger partial charge in [-0.25, -0.2) is 9.59 Å². The summed E-state index contributed by atoms with van der Waals surface area (Å²) < 4.78 is 4.81. The monoisotopic (exact) mass is 940 g/mol. The zero-order chi connectivity index (χ0) is 49.3. The van der Waals surface area contributed by atoms with E-state index in [0.29, 0.717) is 13.1 Å². The molecule has 0 saturated carbocycles. The highest BCUT2D eigenvalue weighted by molar-refractivity contribution is 5.87. The molecule has 3 fully saturated rings. The predicted octanol–water partition coefficient (Wildman–Crippen LogP) is 10.2. The highest BCUT2D eigenvalue weighted by atomic mass is 16.5. The van der Waals surface area contributed by atoms with Crippen LogP contribution >= 0.6 is 0 Å². The number of hydrogen-bond acceptors (Lipinski definition) is 8. The van der Waals surface area contributed by atoms with Gasteiger partial charge in [-0.05, 0) is 96.7 Å². The number of aromatic nitrogens is 4. The quantitative estimate of drug-likeness (QED) is 0.0894. The van der Waals surface area contributed by atoms with Gasteiger partial charge < -0.3 is 29.9 Å². The lowest BCUT2D eigenvalue weighted by Gasteiger charge is -2.34. The maximum Gasteiger partial charge on any atom is 0.407 e. The van der Waals surface area contributed by atoms with Gasteiger partial charge in [0, 0.05) is 37.0 Å². The van der Waals surface area contributed by atoms with Gasteiger partial charge in [0.15, 0.2) is 0 Å². The molecule has 0 spiro atoms. The van der Waals surface area contributed by atoms with E-state index in [9.17, 15) is 24.3 Å². The van der Waals surface area contributed by atoms with Crippen LogP contribution in [-0.2, 0) is 19.7 Å². The number of nitrogens with one attached hydrogen (secondary N) is 3. The van der Waals surface area contributed by atoms with Crippen molar-refractivity contribution in [3.8, 4) is 22.5 Å². The van der Waals surface area contributed by atoms with Crippen LogP contribution in [0.5, 0.6) is 0 Å². The van der Waals surface area contributed by atoms with Crippen molar-refractivity contribution in [1.82, 2.24) is 40.4 Å². The third-order valence-electron chi connectivity index (χ3n) is 14.6. The molecule has 5 aromatic rings. The van der Waals surface area contributed by atoms with Gasteiger partial charge in [-0.2, -0.15) is 10.2 Å². The molecular weight excluding hydrogens is 871 g/mol. The summed E-state index contributed by atoms with van der Waals surface area (Å²) in [4.78, 5) is 58.9. The van der Waals surface area contributed by atoms with E-state index in [4.69, 9.17) is 14.9 Å². The second-order valence-electron chi connectivity index (χ2n) is 20.8. The number of likely N-dealkylation sites (tertiary alicyclic amines) is 2. The Labute approximate surface area is 406 Å². The van der Waals surface area contributed by atoms with Crippen LogP contribution in [0.15, 0.2) is 84.9 Å². The average molecular weight is 940 g/mol. The molecule has 4 N–H and O–H groups in total. The minimum atomic E-state index is -1.12. The predicted molar refractivity (Wildman–Crippen MR) is 266 cm³/mol. The molecule has 15 heteroatoms. The molecular formula is C54H69N9O6. The maximum absolute atomic E-state index is 13.8. The normalized spacial score (nSPS) is 20.4. The number of nitrogens with zero attached hydrogens (tertiary/aromatic N) is 6. The van der Waals surface area contributed by atoms with Crippen LogP contribution in [0, 0.1) is 11.8 Å². The first-order valence-corrected chi connectivity index (χ1v) is 24.6. The summed E-state index contributed by atoms with van der Waals surface area (Å²) in [5, 5.41) is 28.3. The number of ether oxygens (including phenoxy) is 1. The molecule has 69 heavy (non-hydrogen) atoms. The van der Waals surface area contributed by atoms with Crippen LogP contribution in [0.25, 0.3) is 22.5 Å². The Morgan fingerprint density at radius 1 is 0.696 bits per heavy atom. The number of H-pyrrole nitrogens is 2. The summed E-state index contributed by atoms with van der Waals surface area (Å²) in [5.74, 6) is -0.585. The molecule has 2 aromatic heterocycles. The van der Waals surface area contributed by atoms with Crippen LogP contribution in [0.4, 0.5) is 15.3 Å². The number of alkyl carbamates (subject to hydrolysis) is 1. The van der Waals surface area contributed by atoms with E-state index in [1.165, 1.54) is 36.5 Å². The second-order valence-corrected chi connectivity index (χ2v) is 20.8. The van der Waals surface area contributed by atoms with Gasteiger partial charge in [-0.15, -0.1) is 0 Å². The number of aromatic amines is 2. The molecule has 366 valence electrons. The summed E-state index contributed by atoms with van der Waals surface area (Å²) in [6, 6.07) is 28.9.